The Kier molecular flexibility index (Phi) is 6.97. The first-order valence-electron chi connectivity index (χ1n) is 12.3. The summed E-state index contributed by atoms with van der Waals surface area (Å²) < 4.78 is 21.2. The Morgan fingerprint density at radius 1 is 1.06 bits per heavy atom. The Balaban J connectivity index is 1.26. The summed E-state index contributed by atoms with van der Waals surface area (Å²) in [7, 11) is 0. The largest absolute Gasteiger partial charge is 0.440 e. The maximum Gasteiger partial charge on any atom is 0.415 e. The van der Waals surface area contributed by atoms with Crippen molar-refractivity contribution >= 4 is 23.1 Å². The number of ether oxygens (including phenoxy) is 1. The minimum absolute atomic E-state index is 0.0777. The van der Waals surface area contributed by atoms with Gasteiger partial charge in [-0.2, -0.15) is 0 Å². The molecule has 34 heavy (non-hydrogen) atoms. The average Bonchev–Trinajstić information content (AvgIpc) is 3.37. The topological polar surface area (TPSA) is 29.5 Å². The second kappa shape index (κ2) is 10.3. The predicted molar refractivity (Wildman–Crippen MR) is 134 cm³/mol. The van der Waals surface area contributed by atoms with E-state index >= 15 is 0 Å². The van der Waals surface area contributed by atoms with Crippen molar-refractivity contribution in [3.05, 3.63) is 88.4 Å². The Bertz CT molecular complexity index is 1080. The van der Waals surface area contributed by atoms with E-state index in [2.05, 4.69) is 30.3 Å². The molecular formula is C28H32FN2O2S+. The van der Waals surface area contributed by atoms with Gasteiger partial charge in [0.1, 0.15) is 12.4 Å². The lowest BCUT2D eigenvalue weighted by Gasteiger charge is -2.52. The molecule has 3 aromatic rings. The number of halogens is 1. The van der Waals surface area contributed by atoms with Crippen LogP contribution in [0.1, 0.15) is 29.7 Å². The van der Waals surface area contributed by atoms with E-state index < -0.39 is 0 Å². The predicted octanol–water partition coefficient (Wildman–Crippen LogP) is 6.27. The highest BCUT2D eigenvalue weighted by molar-refractivity contribution is 7.09. The van der Waals surface area contributed by atoms with Gasteiger partial charge in [0.15, 0.2) is 6.10 Å². The van der Waals surface area contributed by atoms with Crippen LogP contribution in [0.3, 0.4) is 0 Å². The monoisotopic (exact) mass is 479 g/mol. The van der Waals surface area contributed by atoms with Gasteiger partial charge in [-0.25, -0.2) is 9.18 Å². The van der Waals surface area contributed by atoms with E-state index in [4.69, 9.17) is 4.74 Å². The van der Waals surface area contributed by atoms with Crippen molar-refractivity contribution < 1.29 is 18.4 Å². The number of nitrogens with zero attached hydrogens (tertiary/aromatic N) is 2. The second-order valence-electron chi connectivity index (χ2n) is 9.69. The van der Waals surface area contributed by atoms with Gasteiger partial charge in [0.2, 0.25) is 0 Å². The molecule has 3 saturated heterocycles. The third-order valence-electron chi connectivity index (χ3n) is 7.47. The van der Waals surface area contributed by atoms with Crippen molar-refractivity contribution in [2.75, 3.05) is 31.1 Å². The molecule has 0 aliphatic carbocycles. The number of fused-ring (bicyclic) bond motifs is 3. The molecule has 3 aliphatic heterocycles. The van der Waals surface area contributed by atoms with Gasteiger partial charge in [0, 0.05) is 30.1 Å². The summed E-state index contributed by atoms with van der Waals surface area (Å²) >= 11 is 1.59. The molecule has 2 bridgehead atoms. The lowest BCUT2D eigenvalue weighted by molar-refractivity contribution is -0.946. The number of amides is 1. The van der Waals surface area contributed by atoms with Crippen LogP contribution in [0.2, 0.25) is 0 Å². The fraction of sp³-hybridized carbons (Fsp3) is 0.393. The minimum atomic E-state index is -0.375. The summed E-state index contributed by atoms with van der Waals surface area (Å²) in [6.45, 7) is 4.75. The summed E-state index contributed by atoms with van der Waals surface area (Å²) in [6.07, 6.45) is 3.99. The van der Waals surface area contributed by atoms with Crippen LogP contribution in [0.25, 0.3) is 0 Å². The van der Waals surface area contributed by atoms with Crippen LogP contribution in [0, 0.1) is 11.7 Å². The Hall–Kier alpha value is -2.70. The summed E-state index contributed by atoms with van der Waals surface area (Å²) in [5.41, 5.74) is 1.92. The Morgan fingerprint density at radius 3 is 2.62 bits per heavy atom. The lowest BCUT2D eigenvalue weighted by Crippen LogP contribution is -2.65. The number of anilines is 1. The number of aryl methyl sites for hydroxylation is 1. The number of hydrogen-bond donors (Lipinski definition) is 0. The highest BCUT2D eigenvalue weighted by atomic mass is 32.1. The smallest absolute Gasteiger partial charge is 0.415 e. The summed E-state index contributed by atoms with van der Waals surface area (Å²) in [4.78, 5) is 16.0. The second-order valence-corrected chi connectivity index (χ2v) is 10.7. The zero-order chi connectivity index (χ0) is 23.4. The maximum absolute atomic E-state index is 14.0. The standard InChI is InChI=1S/C28H32FN2O2S/c29-24-10-4-11-25(19-24)30(20-26-12-6-18-34-26)28(32)33-27-21-31(16-13-23(27)14-17-31)15-5-9-22-7-2-1-3-8-22/h1-4,6-8,10-12,18-19,23,27H,5,9,13-17,20-21H2/q+1/t23?,27-,31?/m0/s1. The van der Waals surface area contributed by atoms with E-state index in [0.717, 1.165) is 48.1 Å². The molecule has 0 unspecified atom stereocenters. The third-order valence-corrected chi connectivity index (χ3v) is 8.33. The van der Waals surface area contributed by atoms with Crippen LogP contribution in [-0.4, -0.2) is 42.9 Å². The van der Waals surface area contributed by atoms with E-state index in [1.165, 1.54) is 30.8 Å². The Morgan fingerprint density at radius 2 is 1.88 bits per heavy atom. The normalized spacial score (nSPS) is 23.6. The number of benzene rings is 2. The van der Waals surface area contributed by atoms with Crippen molar-refractivity contribution in [3.63, 3.8) is 0 Å². The summed E-state index contributed by atoms with van der Waals surface area (Å²) in [5.74, 6) is 0.0707. The fourth-order valence-electron chi connectivity index (χ4n) is 5.59. The number of hydrogen-bond acceptors (Lipinski definition) is 3. The molecule has 0 saturated carbocycles. The average molecular weight is 480 g/mol. The molecule has 1 aromatic heterocycles. The number of piperidine rings is 3. The molecule has 4 nitrogen and oxygen atoms in total. The first-order chi connectivity index (χ1) is 16.6. The molecule has 4 heterocycles. The van der Waals surface area contributed by atoms with E-state index in [1.54, 1.807) is 28.4 Å². The molecule has 6 rings (SSSR count). The maximum atomic E-state index is 14.0. The SMILES string of the molecule is O=C(O[C@H]1C[N+]2(CCCc3ccccc3)CCC1CC2)N(Cc1cccs1)c1cccc(F)c1. The molecule has 2 aromatic carbocycles. The number of carbonyl (C=O) groups is 1. The van der Waals surface area contributed by atoms with Gasteiger partial charge in [-0.05, 0) is 41.6 Å². The van der Waals surface area contributed by atoms with Gasteiger partial charge < -0.3 is 9.22 Å². The van der Waals surface area contributed by atoms with E-state index in [-0.39, 0.29) is 18.0 Å². The van der Waals surface area contributed by atoms with Crippen LogP contribution < -0.4 is 4.90 Å². The first-order valence-corrected chi connectivity index (χ1v) is 13.1. The van der Waals surface area contributed by atoms with Crippen LogP contribution in [0.5, 0.6) is 0 Å². The van der Waals surface area contributed by atoms with Crippen molar-refractivity contribution in [1.82, 2.24) is 0 Å². The zero-order valence-electron chi connectivity index (χ0n) is 19.4. The Labute approximate surface area is 205 Å². The molecular weight excluding hydrogens is 447 g/mol. The molecule has 0 spiro atoms. The zero-order valence-corrected chi connectivity index (χ0v) is 20.3. The molecule has 3 fully saturated rings. The van der Waals surface area contributed by atoms with Crippen molar-refractivity contribution in [1.29, 1.82) is 0 Å². The van der Waals surface area contributed by atoms with Crippen LogP contribution >= 0.6 is 11.3 Å². The number of rotatable bonds is 8. The fourth-order valence-corrected chi connectivity index (χ4v) is 6.28. The molecule has 6 heteroatoms. The minimum Gasteiger partial charge on any atom is -0.440 e. The van der Waals surface area contributed by atoms with E-state index in [0.29, 0.717) is 18.2 Å². The van der Waals surface area contributed by atoms with Gasteiger partial charge in [-0.1, -0.05) is 42.5 Å². The van der Waals surface area contributed by atoms with Gasteiger partial charge in [0.05, 0.1) is 31.9 Å². The lowest BCUT2D eigenvalue weighted by atomic mass is 9.83. The molecule has 0 N–H and O–H groups in total. The quantitative estimate of drug-likeness (QED) is 0.356. The molecule has 3 aliphatic rings. The highest BCUT2D eigenvalue weighted by Gasteiger charge is 2.47. The molecule has 178 valence electrons. The highest BCUT2D eigenvalue weighted by Crippen LogP contribution is 2.36. The van der Waals surface area contributed by atoms with Crippen molar-refractivity contribution in [2.24, 2.45) is 5.92 Å². The first kappa shape index (κ1) is 23.1. The van der Waals surface area contributed by atoms with Crippen molar-refractivity contribution in [3.8, 4) is 0 Å². The van der Waals surface area contributed by atoms with E-state index in [9.17, 15) is 9.18 Å². The number of thiophene rings is 1. The van der Waals surface area contributed by atoms with Crippen molar-refractivity contribution in [2.45, 2.75) is 38.3 Å². The van der Waals surface area contributed by atoms with Crippen LogP contribution in [0.15, 0.2) is 72.1 Å². The summed E-state index contributed by atoms with van der Waals surface area (Å²) in [6, 6.07) is 20.8. The number of carbonyl (C=O) groups excluding carboxylic acids is 1. The van der Waals surface area contributed by atoms with Gasteiger partial charge >= 0.3 is 6.09 Å². The molecule has 1 atom stereocenters. The summed E-state index contributed by atoms with van der Waals surface area (Å²) in [5, 5.41) is 1.99. The van der Waals surface area contributed by atoms with Gasteiger partial charge in [-0.3, -0.25) is 4.90 Å². The van der Waals surface area contributed by atoms with Crippen LogP contribution in [0.4, 0.5) is 14.9 Å². The van der Waals surface area contributed by atoms with Crippen LogP contribution in [-0.2, 0) is 17.7 Å². The molecule has 0 radical (unpaired) electrons. The number of quaternary nitrogens is 1. The van der Waals surface area contributed by atoms with Gasteiger partial charge in [-0.15, -0.1) is 11.3 Å². The molecule has 1 amide bonds. The van der Waals surface area contributed by atoms with E-state index in [1.807, 2.05) is 17.5 Å². The van der Waals surface area contributed by atoms with Gasteiger partial charge in [0.25, 0.3) is 0 Å². The third kappa shape index (κ3) is 5.34.